The summed E-state index contributed by atoms with van der Waals surface area (Å²) in [5, 5.41) is 9.08. The second kappa shape index (κ2) is 7.03. The van der Waals surface area contributed by atoms with E-state index in [1.165, 1.54) is 10.6 Å². The first-order valence-corrected chi connectivity index (χ1v) is 8.84. The van der Waals surface area contributed by atoms with Crippen molar-refractivity contribution in [2.45, 2.75) is 13.8 Å². The van der Waals surface area contributed by atoms with E-state index >= 15 is 0 Å². The van der Waals surface area contributed by atoms with Crippen molar-refractivity contribution in [3.05, 3.63) is 87.8 Å². The predicted molar refractivity (Wildman–Crippen MR) is 109 cm³/mol. The maximum Gasteiger partial charge on any atom is 0.273 e. The zero-order chi connectivity index (χ0) is 19.7. The molecule has 4 rings (SSSR count). The Bertz CT molecular complexity index is 1210. The summed E-state index contributed by atoms with van der Waals surface area (Å²) in [4.78, 5) is 29.6. The lowest BCUT2D eigenvalue weighted by Crippen LogP contribution is -2.16. The molecule has 0 saturated carbocycles. The van der Waals surface area contributed by atoms with Gasteiger partial charge >= 0.3 is 0 Å². The number of benzene rings is 2. The highest BCUT2D eigenvalue weighted by atomic mass is 16.2. The Morgan fingerprint density at radius 3 is 2.46 bits per heavy atom. The minimum absolute atomic E-state index is 0.255. The van der Waals surface area contributed by atoms with E-state index in [2.05, 4.69) is 20.7 Å². The number of carbonyl (C=O) groups excluding carboxylic acids is 1. The molecule has 0 bridgehead atoms. The summed E-state index contributed by atoms with van der Waals surface area (Å²) < 4.78 is 1.31. The highest BCUT2D eigenvalue weighted by Crippen LogP contribution is 2.28. The van der Waals surface area contributed by atoms with Crippen molar-refractivity contribution in [2.24, 2.45) is 0 Å². The molecule has 0 saturated heterocycles. The van der Waals surface area contributed by atoms with Gasteiger partial charge in [-0.3, -0.25) is 14.7 Å². The molecule has 7 heteroatoms. The molecule has 0 atom stereocenters. The number of anilines is 3. The minimum atomic E-state index is -0.284. The fraction of sp³-hybridized carbons (Fsp3) is 0.0952. The highest BCUT2D eigenvalue weighted by Gasteiger charge is 2.18. The van der Waals surface area contributed by atoms with Crippen LogP contribution in [0.2, 0.25) is 0 Å². The molecule has 140 valence electrons. The summed E-state index contributed by atoms with van der Waals surface area (Å²) in [6, 6.07) is 18.2. The zero-order valence-corrected chi connectivity index (χ0v) is 15.5. The van der Waals surface area contributed by atoms with Gasteiger partial charge in [0.25, 0.3) is 11.5 Å². The number of para-hydroxylation sites is 1. The molecule has 0 unspecified atom stereocenters. The summed E-state index contributed by atoms with van der Waals surface area (Å²) in [5.74, 6) is 0.190. The molecule has 2 aromatic heterocycles. The Labute approximate surface area is 161 Å². The van der Waals surface area contributed by atoms with Crippen molar-refractivity contribution in [2.75, 3.05) is 10.6 Å². The molecular weight excluding hydrogens is 354 g/mol. The van der Waals surface area contributed by atoms with Crippen LogP contribution in [0.15, 0.2) is 65.5 Å². The van der Waals surface area contributed by atoms with Gasteiger partial charge in [0.1, 0.15) is 5.69 Å². The number of fused-ring (bicyclic) bond motifs is 1. The van der Waals surface area contributed by atoms with E-state index in [0.717, 1.165) is 11.3 Å². The third-order valence-corrected chi connectivity index (χ3v) is 4.34. The molecule has 2 aromatic carbocycles. The Morgan fingerprint density at radius 1 is 1.04 bits per heavy atom. The fourth-order valence-corrected chi connectivity index (χ4v) is 2.92. The van der Waals surface area contributed by atoms with Crippen molar-refractivity contribution in [3.63, 3.8) is 0 Å². The molecule has 0 spiro atoms. The first kappa shape index (κ1) is 17.5. The van der Waals surface area contributed by atoms with E-state index in [1.807, 2.05) is 49.4 Å². The van der Waals surface area contributed by atoms with Gasteiger partial charge in [-0.1, -0.05) is 35.9 Å². The molecule has 0 aliphatic heterocycles. The molecule has 3 N–H and O–H groups in total. The van der Waals surface area contributed by atoms with Crippen molar-refractivity contribution < 1.29 is 4.79 Å². The number of H-pyrrole nitrogens is 1. The van der Waals surface area contributed by atoms with Crippen LogP contribution < -0.4 is 16.2 Å². The normalized spacial score (nSPS) is 10.8. The van der Waals surface area contributed by atoms with Crippen LogP contribution in [0.5, 0.6) is 0 Å². The van der Waals surface area contributed by atoms with Gasteiger partial charge in [-0.05, 0) is 38.1 Å². The number of aryl methyl sites for hydroxylation is 2. The van der Waals surface area contributed by atoms with Gasteiger partial charge in [-0.25, -0.2) is 4.98 Å². The lowest BCUT2D eigenvalue weighted by atomic mass is 10.1. The smallest absolute Gasteiger partial charge is 0.273 e. The summed E-state index contributed by atoms with van der Waals surface area (Å²) in [7, 11) is 0. The van der Waals surface area contributed by atoms with Gasteiger partial charge in [0.2, 0.25) is 0 Å². The SMILES string of the molecule is Cc1ccc(C(=O)Nc2c(Nc3ccccc3)[nH]n3c(=O)cc(C)nc23)cc1. The second-order valence-corrected chi connectivity index (χ2v) is 6.57. The summed E-state index contributed by atoms with van der Waals surface area (Å²) in [5.41, 5.74) is 3.48. The number of nitrogens with one attached hydrogen (secondary N) is 3. The number of aromatic nitrogens is 3. The van der Waals surface area contributed by atoms with Gasteiger partial charge in [0.05, 0.1) is 0 Å². The van der Waals surface area contributed by atoms with E-state index in [0.29, 0.717) is 28.4 Å². The number of carbonyl (C=O) groups is 1. The molecule has 4 aromatic rings. The monoisotopic (exact) mass is 373 g/mol. The van der Waals surface area contributed by atoms with E-state index in [-0.39, 0.29) is 11.5 Å². The first-order chi connectivity index (χ1) is 13.5. The Balaban J connectivity index is 1.79. The van der Waals surface area contributed by atoms with E-state index < -0.39 is 0 Å². The molecule has 7 nitrogen and oxygen atoms in total. The van der Waals surface area contributed by atoms with E-state index in [1.54, 1.807) is 19.1 Å². The van der Waals surface area contributed by atoms with Gasteiger partial charge < -0.3 is 10.6 Å². The maximum atomic E-state index is 12.8. The largest absolute Gasteiger partial charge is 0.339 e. The number of hydrogen-bond donors (Lipinski definition) is 3. The van der Waals surface area contributed by atoms with Crippen molar-refractivity contribution >= 4 is 28.7 Å². The minimum Gasteiger partial charge on any atom is -0.339 e. The predicted octanol–water partition coefficient (Wildman–Crippen LogP) is 3.64. The average molecular weight is 373 g/mol. The summed E-state index contributed by atoms with van der Waals surface area (Å²) in [6.07, 6.45) is 0. The van der Waals surface area contributed by atoms with Crippen LogP contribution in [0.3, 0.4) is 0 Å². The Hall–Kier alpha value is -3.87. The molecule has 0 aliphatic carbocycles. The van der Waals surface area contributed by atoms with Crippen LogP contribution in [0.1, 0.15) is 21.6 Å². The number of hydrogen-bond acceptors (Lipinski definition) is 4. The lowest BCUT2D eigenvalue weighted by molar-refractivity contribution is 0.102. The van der Waals surface area contributed by atoms with Crippen molar-refractivity contribution in [3.8, 4) is 0 Å². The fourth-order valence-electron chi connectivity index (χ4n) is 2.92. The van der Waals surface area contributed by atoms with Crippen LogP contribution in [0.25, 0.3) is 5.65 Å². The number of amides is 1. The Morgan fingerprint density at radius 2 is 1.75 bits per heavy atom. The van der Waals surface area contributed by atoms with Gasteiger partial charge in [-0.2, -0.15) is 4.52 Å². The molecule has 0 radical (unpaired) electrons. The second-order valence-electron chi connectivity index (χ2n) is 6.57. The van der Waals surface area contributed by atoms with Crippen LogP contribution >= 0.6 is 0 Å². The third-order valence-electron chi connectivity index (χ3n) is 4.34. The molecule has 0 aliphatic rings. The number of rotatable bonds is 4. The first-order valence-electron chi connectivity index (χ1n) is 8.84. The molecule has 28 heavy (non-hydrogen) atoms. The molecule has 0 fully saturated rings. The molecule has 2 heterocycles. The van der Waals surface area contributed by atoms with Gasteiger partial charge in [0, 0.05) is 23.0 Å². The van der Waals surface area contributed by atoms with Crippen LogP contribution in [0.4, 0.5) is 17.2 Å². The van der Waals surface area contributed by atoms with E-state index in [4.69, 9.17) is 0 Å². The standard InChI is InChI=1S/C21H19N5O2/c1-13-8-10-15(11-9-13)21(28)24-18-19(23-16-6-4-3-5-7-16)25-26-17(27)12-14(2)22-20(18)26/h3-12,23,25H,1-2H3,(H,24,28). The van der Waals surface area contributed by atoms with Gasteiger partial charge in [0.15, 0.2) is 11.5 Å². The molecule has 1 amide bonds. The quantitative estimate of drug-likeness (QED) is 0.509. The van der Waals surface area contributed by atoms with Crippen LogP contribution in [-0.4, -0.2) is 20.5 Å². The lowest BCUT2D eigenvalue weighted by Gasteiger charge is -2.09. The van der Waals surface area contributed by atoms with Crippen molar-refractivity contribution in [1.82, 2.24) is 14.6 Å². The van der Waals surface area contributed by atoms with Gasteiger partial charge in [-0.15, -0.1) is 0 Å². The van der Waals surface area contributed by atoms with Crippen LogP contribution in [0, 0.1) is 13.8 Å². The zero-order valence-electron chi connectivity index (χ0n) is 15.5. The third kappa shape index (κ3) is 3.37. The Kier molecular flexibility index (Phi) is 4.41. The van der Waals surface area contributed by atoms with E-state index in [9.17, 15) is 9.59 Å². The average Bonchev–Trinajstić information content (AvgIpc) is 3.01. The topological polar surface area (TPSA) is 91.3 Å². The molecular formula is C21H19N5O2. The summed E-state index contributed by atoms with van der Waals surface area (Å²) >= 11 is 0. The number of nitrogens with zero attached hydrogens (tertiary/aromatic N) is 2. The highest BCUT2D eigenvalue weighted by molar-refractivity contribution is 6.08. The number of aromatic amines is 1. The maximum absolute atomic E-state index is 12.8. The summed E-state index contributed by atoms with van der Waals surface area (Å²) in [6.45, 7) is 3.70. The van der Waals surface area contributed by atoms with Crippen molar-refractivity contribution in [1.29, 1.82) is 0 Å². The van der Waals surface area contributed by atoms with Crippen LogP contribution in [-0.2, 0) is 0 Å².